The van der Waals surface area contributed by atoms with Gasteiger partial charge in [0.05, 0.1) is 0 Å². The number of piperidine rings is 2. The second-order valence-corrected chi connectivity index (χ2v) is 8.67. The van der Waals surface area contributed by atoms with Crippen LogP contribution in [-0.2, 0) is 6.54 Å². The van der Waals surface area contributed by atoms with Gasteiger partial charge in [0, 0.05) is 58.1 Å². The number of hydrogen-bond acceptors (Lipinski definition) is 4. The molecule has 0 unspecified atom stereocenters. The summed E-state index contributed by atoms with van der Waals surface area (Å²) in [7, 11) is 1.84. The lowest BCUT2D eigenvalue weighted by Gasteiger charge is -2.35. The van der Waals surface area contributed by atoms with Crippen LogP contribution in [0.1, 0.15) is 52.0 Å². The number of halogens is 1. The summed E-state index contributed by atoms with van der Waals surface area (Å²) in [6.45, 7) is 12.2. The van der Waals surface area contributed by atoms with Gasteiger partial charge in [-0.2, -0.15) is 0 Å². The maximum Gasteiger partial charge on any atom is 0.191 e. The number of rotatable bonds is 5. The smallest absolute Gasteiger partial charge is 0.191 e. The van der Waals surface area contributed by atoms with Crippen molar-refractivity contribution in [2.75, 3.05) is 38.1 Å². The molecule has 2 saturated heterocycles. The normalized spacial score (nSPS) is 19.9. The third kappa shape index (κ3) is 7.27. The molecule has 3 rings (SSSR count). The first-order valence-electron chi connectivity index (χ1n) is 11.0. The average Bonchev–Trinajstić information content (AvgIpc) is 2.72. The Balaban J connectivity index is 0.00000300. The van der Waals surface area contributed by atoms with Crippen LogP contribution in [0.5, 0.6) is 0 Å². The standard InChI is InChI=1S/C22H38N6.HI/c1-17(2)27-13-9-20(10-14-27)26-22(23-4)25-16-19-5-6-21(24-15-19)28-11-7-18(3)8-12-28;/h5-6,15,17-18,20H,7-14,16H2,1-4H3,(H2,23,25,26);1H. The van der Waals surface area contributed by atoms with E-state index in [1.165, 1.54) is 31.2 Å². The number of likely N-dealkylation sites (tertiary alicyclic amines) is 1. The van der Waals surface area contributed by atoms with Crippen LogP contribution < -0.4 is 15.5 Å². The number of aromatic nitrogens is 1. The highest BCUT2D eigenvalue weighted by Gasteiger charge is 2.21. The fraction of sp³-hybridized carbons (Fsp3) is 0.727. The molecule has 29 heavy (non-hydrogen) atoms. The Labute approximate surface area is 194 Å². The molecule has 164 valence electrons. The minimum atomic E-state index is 0. The summed E-state index contributed by atoms with van der Waals surface area (Å²) in [6, 6.07) is 5.48. The molecule has 2 aliphatic rings. The lowest BCUT2D eigenvalue weighted by atomic mass is 9.99. The highest BCUT2D eigenvalue weighted by Crippen LogP contribution is 2.21. The van der Waals surface area contributed by atoms with E-state index < -0.39 is 0 Å². The van der Waals surface area contributed by atoms with Crippen molar-refractivity contribution in [2.45, 2.75) is 65.1 Å². The molecule has 7 heteroatoms. The quantitative estimate of drug-likeness (QED) is 0.358. The Bertz CT molecular complexity index is 617. The maximum atomic E-state index is 4.69. The van der Waals surface area contributed by atoms with Crippen LogP contribution in [0.15, 0.2) is 23.3 Å². The number of hydrogen-bond donors (Lipinski definition) is 2. The van der Waals surface area contributed by atoms with Gasteiger partial charge in [0.25, 0.3) is 0 Å². The van der Waals surface area contributed by atoms with E-state index in [-0.39, 0.29) is 24.0 Å². The summed E-state index contributed by atoms with van der Waals surface area (Å²) in [5, 5.41) is 7.03. The highest BCUT2D eigenvalue weighted by atomic mass is 127. The molecule has 0 amide bonds. The van der Waals surface area contributed by atoms with E-state index in [0.717, 1.165) is 50.4 Å². The van der Waals surface area contributed by atoms with Gasteiger partial charge in [0.2, 0.25) is 0 Å². The van der Waals surface area contributed by atoms with Crippen LogP contribution in [-0.4, -0.2) is 61.2 Å². The van der Waals surface area contributed by atoms with E-state index in [9.17, 15) is 0 Å². The van der Waals surface area contributed by atoms with Crippen molar-refractivity contribution in [3.63, 3.8) is 0 Å². The molecule has 2 N–H and O–H groups in total. The summed E-state index contributed by atoms with van der Waals surface area (Å²) < 4.78 is 0. The molecule has 2 fully saturated rings. The summed E-state index contributed by atoms with van der Waals surface area (Å²) in [5.41, 5.74) is 1.19. The second-order valence-electron chi connectivity index (χ2n) is 8.67. The molecule has 3 heterocycles. The first-order chi connectivity index (χ1) is 13.5. The molecule has 2 aliphatic heterocycles. The summed E-state index contributed by atoms with van der Waals surface area (Å²) >= 11 is 0. The lowest BCUT2D eigenvalue weighted by Crippen LogP contribution is -2.49. The lowest BCUT2D eigenvalue weighted by molar-refractivity contribution is 0.167. The molecule has 0 aromatic carbocycles. The summed E-state index contributed by atoms with van der Waals surface area (Å²) in [6.07, 6.45) is 6.87. The van der Waals surface area contributed by atoms with Gasteiger partial charge in [0.15, 0.2) is 5.96 Å². The van der Waals surface area contributed by atoms with E-state index in [2.05, 4.69) is 58.3 Å². The minimum Gasteiger partial charge on any atom is -0.357 e. The Morgan fingerprint density at radius 2 is 1.83 bits per heavy atom. The number of nitrogens with zero attached hydrogens (tertiary/aromatic N) is 4. The van der Waals surface area contributed by atoms with Gasteiger partial charge in [0.1, 0.15) is 5.82 Å². The molecule has 0 bridgehead atoms. The predicted octanol–water partition coefficient (Wildman–Crippen LogP) is 3.47. The van der Waals surface area contributed by atoms with Crippen molar-refractivity contribution < 1.29 is 0 Å². The Kier molecular flexibility index (Phi) is 9.95. The zero-order valence-electron chi connectivity index (χ0n) is 18.5. The van der Waals surface area contributed by atoms with Crippen molar-refractivity contribution in [1.82, 2.24) is 20.5 Å². The van der Waals surface area contributed by atoms with Gasteiger partial charge in [-0.3, -0.25) is 4.99 Å². The fourth-order valence-corrected chi connectivity index (χ4v) is 4.08. The number of pyridine rings is 1. The average molecular weight is 515 g/mol. The van der Waals surface area contributed by atoms with E-state index in [0.29, 0.717) is 12.1 Å². The van der Waals surface area contributed by atoms with Crippen LogP contribution in [0.3, 0.4) is 0 Å². The number of aliphatic imine (C=N–C) groups is 1. The number of anilines is 1. The molecule has 1 aromatic rings. The first kappa shape index (κ1) is 24.2. The fourth-order valence-electron chi connectivity index (χ4n) is 4.08. The second kappa shape index (κ2) is 11.9. The molecule has 6 nitrogen and oxygen atoms in total. The van der Waals surface area contributed by atoms with Crippen molar-refractivity contribution in [1.29, 1.82) is 0 Å². The minimum absolute atomic E-state index is 0. The zero-order valence-corrected chi connectivity index (χ0v) is 20.9. The summed E-state index contributed by atoms with van der Waals surface area (Å²) in [5.74, 6) is 2.84. The molecular weight excluding hydrogens is 475 g/mol. The molecule has 0 atom stereocenters. The molecule has 1 aromatic heterocycles. The monoisotopic (exact) mass is 514 g/mol. The van der Waals surface area contributed by atoms with Crippen LogP contribution >= 0.6 is 24.0 Å². The Morgan fingerprint density at radius 1 is 1.14 bits per heavy atom. The zero-order chi connectivity index (χ0) is 19.9. The third-order valence-electron chi connectivity index (χ3n) is 6.20. The maximum absolute atomic E-state index is 4.69. The molecular formula is C22H39IN6. The van der Waals surface area contributed by atoms with Crippen LogP contribution in [0.4, 0.5) is 5.82 Å². The molecule has 0 spiro atoms. The van der Waals surface area contributed by atoms with Gasteiger partial charge in [-0.05, 0) is 57.1 Å². The number of guanidine groups is 1. The number of nitrogens with one attached hydrogen (secondary N) is 2. The molecule has 0 aliphatic carbocycles. The summed E-state index contributed by atoms with van der Waals surface area (Å²) in [4.78, 5) is 14.0. The highest BCUT2D eigenvalue weighted by molar-refractivity contribution is 14.0. The first-order valence-corrected chi connectivity index (χ1v) is 11.0. The van der Waals surface area contributed by atoms with Crippen molar-refractivity contribution in [3.05, 3.63) is 23.9 Å². The van der Waals surface area contributed by atoms with Gasteiger partial charge >= 0.3 is 0 Å². The van der Waals surface area contributed by atoms with Crippen LogP contribution in [0, 0.1) is 5.92 Å². The van der Waals surface area contributed by atoms with E-state index >= 15 is 0 Å². The van der Waals surface area contributed by atoms with Crippen molar-refractivity contribution in [2.24, 2.45) is 10.9 Å². The van der Waals surface area contributed by atoms with Gasteiger partial charge < -0.3 is 20.4 Å². The molecule has 0 radical (unpaired) electrons. The van der Waals surface area contributed by atoms with E-state index in [4.69, 9.17) is 4.98 Å². The SMILES string of the molecule is CN=C(NCc1ccc(N2CCC(C)CC2)nc1)NC1CCN(C(C)C)CC1.I. The van der Waals surface area contributed by atoms with Gasteiger partial charge in [-0.25, -0.2) is 4.98 Å². The molecule has 0 saturated carbocycles. The third-order valence-corrected chi connectivity index (χ3v) is 6.20. The Hall–Kier alpha value is -1.09. The van der Waals surface area contributed by atoms with Crippen LogP contribution in [0.25, 0.3) is 0 Å². The van der Waals surface area contributed by atoms with E-state index in [1.807, 2.05) is 13.2 Å². The van der Waals surface area contributed by atoms with E-state index in [1.54, 1.807) is 0 Å². The Morgan fingerprint density at radius 3 is 2.38 bits per heavy atom. The van der Waals surface area contributed by atoms with Crippen molar-refractivity contribution in [3.8, 4) is 0 Å². The largest absolute Gasteiger partial charge is 0.357 e. The van der Waals surface area contributed by atoms with Gasteiger partial charge in [-0.1, -0.05) is 13.0 Å². The topological polar surface area (TPSA) is 55.8 Å². The predicted molar refractivity (Wildman–Crippen MR) is 133 cm³/mol. The van der Waals surface area contributed by atoms with Crippen LogP contribution in [0.2, 0.25) is 0 Å². The van der Waals surface area contributed by atoms with Gasteiger partial charge in [-0.15, -0.1) is 24.0 Å². The van der Waals surface area contributed by atoms with Crippen molar-refractivity contribution >= 4 is 35.8 Å².